The van der Waals surface area contributed by atoms with Crippen molar-refractivity contribution >= 4 is 17.7 Å². The van der Waals surface area contributed by atoms with Gasteiger partial charge < -0.3 is 11.1 Å². The molecule has 3 nitrogen and oxygen atoms in total. The average molecular weight is 274 g/mol. The number of hydrogen-bond acceptors (Lipinski definition) is 3. The molecule has 108 valence electrons. The van der Waals surface area contributed by atoms with E-state index < -0.39 is 0 Å². The second kappa shape index (κ2) is 10.7. The molecule has 0 heterocycles. The maximum atomic E-state index is 11.6. The quantitative estimate of drug-likeness (QED) is 0.570. The van der Waals surface area contributed by atoms with E-state index in [0.29, 0.717) is 13.0 Å². The zero-order valence-electron chi connectivity index (χ0n) is 12.3. The van der Waals surface area contributed by atoms with Crippen LogP contribution in [0.2, 0.25) is 0 Å². The normalized spacial score (nSPS) is 11.6. The Hall–Kier alpha value is -0.220. The van der Waals surface area contributed by atoms with Gasteiger partial charge in [-0.2, -0.15) is 11.8 Å². The lowest BCUT2D eigenvalue weighted by Gasteiger charge is -2.23. The number of rotatable bonds is 11. The first-order valence-corrected chi connectivity index (χ1v) is 8.37. The minimum absolute atomic E-state index is 0.185. The third kappa shape index (κ3) is 10.9. The summed E-state index contributed by atoms with van der Waals surface area (Å²) in [5.41, 5.74) is 5.74. The molecule has 0 aromatic rings. The number of amides is 1. The van der Waals surface area contributed by atoms with Crippen LogP contribution in [0.25, 0.3) is 0 Å². The highest BCUT2D eigenvalue weighted by Gasteiger charge is 2.17. The van der Waals surface area contributed by atoms with Gasteiger partial charge >= 0.3 is 0 Å². The lowest BCUT2D eigenvalue weighted by atomic mass is 9.84. The Morgan fingerprint density at radius 3 is 2.56 bits per heavy atom. The van der Waals surface area contributed by atoms with E-state index in [1.807, 2.05) is 11.8 Å². The number of thioether (sulfide) groups is 1. The summed E-state index contributed by atoms with van der Waals surface area (Å²) in [7, 11) is 0. The van der Waals surface area contributed by atoms with Crippen molar-refractivity contribution < 1.29 is 4.79 Å². The largest absolute Gasteiger partial charge is 0.356 e. The van der Waals surface area contributed by atoms with Gasteiger partial charge in [0.2, 0.25) is 5.91 Å². The lowest BCUT2D eigenvalue weighted by Crippen LogP contribution is -2.26. The fourth-order valence-corrected chi connectivity index (χ4v) is 2.32. The molecule has 0 spiro atoms. The molecule has 0 fully saturated rings. The zero-order chi connectivity index (χ0) is 13.9. The molecule has 0 atom stereocenters. The zero-order valence-corrected chi connectivity index (χ0v) is 13.1. The molecule has 0 aromatic carbocycles. The van der Waals surface area contributed by atoms with Crippen LogP contribution in [0.4, 0.5) is 0 Å². The third-order valence-corrected chi connectivity index (χ3v) is 3.89. The van der Waals surface area contributed by atoms with E-state index in [4.69, 9.17) is 5.73 Å². The second-order valence-corrected chi connectivity index (χ2v) is 6.59. The van der Waals surface area contributed by atoms with Gasteiger partial charge in [-0.15, -0.1) is 0 Å². The first kappa shape index (κ1) is 17.8. The van der Waals surface area contributed by atoms with Crippen molar-refractivity contribution in [3.05, 3.63) is 0 Å². The predicted octanol–water partition coefficient (Wildman–Crippen LogP) is 2.79. The van der Waals surface area contributed by atoms with Crippen molar-refractivity contribution in [1.82, 2.24) is 5.32 Å². The van der Waals surface area contributed by atoms with E-state index in [-0.39, 0.29) is 11.3 Å². The number of carbonyl (C=O) groups excluding carboxylic acids is 1. The Balaban J connectivity index is 3.48. The van der Waals surface area contributed by atoms with E-state index in [0.717, 1.165) is 25.8 Å². The minimum atomic E-state index is 0.185. The molecular weight excluding hydrogens is 244 g/mol. The average Bonchev–Trinajstić information content (AvgIpc) is 2.31. The number of hydrogen-bond donors (Lipinski definition) is 2. The SMILES string of the molecule is CSCCCCCNC(=O)CCC(C)(C)CCN. The van der Waals surface area contributed by atoms with Gasteiger partial charge in [-0.3, -0.25) is 4.79 Å². The summed E-state index contributed by atoms with van der Waals surface area (Å²) in [6, 6.07) is 0. The number of nitrogens with one attached hydrogen (secondary N) is 1. The maximum absolute atomic E-state index is 11.6. The van der Waals surface area contributed by atoms with Crippen molar-refractivity contribution in [2.24, 2.45) is 11.1 Å². The highest BCUT2D eigenvalue weighted by molar-refractivity contribution is 7.98. The molecule has 4 heteroatoms. The van der Waals surface area contributed by atoms with Gasteiger partial charge in [-0.25, -0.2) is 0 Å². The van der Waals surface area contributed by atoms with Crippen LogP contribution >= 0.6 is 11.8 Å². The molecule has 1 amide bonds. The second-order valence-electron chi connectivity index (χ2n) is 5.61. The van der Waals surface area contributed by atoms with Crippen LogP contribution in [-0.4, -0.2) is 31.0 Å². The Morgan fingerprint density at radius 2 is 1.94 bits per heavy atom. The number of nitrogens with two attached hydrogens (primary N) is 1. The van der Waals surface area contributed by atoms with Crippen molar-refractivity contribution in [2.75, 3.05) is 25.1 Å². The third-order valence-electron chi connectivity index (χ3n) is 3.20. The molecule has 0 aliphatic carbocycles. The molecule has 18 heavy (non-hydrogen) atoms. The van der Waals surface area contributed by atoms with E-state index >= 15 is 0 Å². The van der Waals surface area contributed by atoms with E-state index in [2.05, 4.69) is 25.4 Å². The van der Waals surface area contributed by atoms with Gasteiger partial charge in [0, 0.05) is 13.0 Å². The van der Waals surface area contributed by atoms with Crippen molar-refractivity contribution in [1.29, 1.82) is 0 Å². The summed E-state index contributed by atoms with van der Waals surface area (Å²) >= 11 is 1.88. The molecular formula is C14H30N2OS. The number of carbonyl (C=O) groups is 1. The first-order valence-electron chi connectivity index (χ1n) is 6.97. The predicted molar refractivity (Wildman–Crippen MR) is 81.9 cm³/mol. The monoisotopic (exact) mass is 274 g/mol. The van der Waals surface area contributed by atoms with Crippen molar-refractivity contribution in [2.45, 2.75) is 52.4 Å². The van der Waals surface area contributed by atoms with Gasteiger partial charge in [0.25, 0.3) is 0 Å². The van der Waals surface area contributed by atoms with Gasteiger partial charge in [-0.05, 0) is 49.7 Å². The lowest BCUT2D eigenvalue weighted by molar-refractivity contribution is -0.121. The van der Waals surface area contributed by atoms with E-state index in [1.165, 1.54) is 18.6 Å². The molecule has 0 aromatic heterocycles. The first-order chi connectivity index (χ1) is 8.52. The van der Waals surface area contributed by atoms with Crippen LogP contribution in [0.1, 0.15) is 52.4 Å². The van der Waals surface area contributed by atoms with E-state index in [1.54, 1.807) is 0 Å². The van der Waals surface area contributed by atoms with E-state index in [9.17, 15) is 4.79 Å². The summed E-state index contributed by atoms with van der Waals surface area (Å²) in [6.45, 7) is 5.87. The minimum Gasteiger partial charge on any atom is -0.356 e. The number of unbranched alkanes of at least 4 members (excludes halogenated alkanes) is 2. The molecule has 0 unspecified atom stereocenters. The molecule has 0 aliphatic rings. The van der Waals surface area contributed by atoms with Crippen LogP contribution in [0.5, 0.6) is 0 Å². The summed E-state index contributed by atoms with van der Waals surface area (Å²) in [6.07, 6.45) is 8.21. The fraction of sp³-hybridized carbons (Fsp3) is 0.929. The Kier molecular flexibility index (Phi) is 10.5. The van der Waals surface area contributed by atoms with Gasteiger partial charge in [0.1, 0.15) is 0 Å². The van der Waals surface area contributed by atoms with Crippen LogP contribution in [0, 0.1) is 5.41 Å². The Bertz CT molecular complexity index is 220. The van der Waals surface area contributed by atoms with Crippen LogP contribution in [-0.2, 0) is 4.79 Å². The molecule has 0 bridgehead atoms. The van der Waals surface area contributed by atoms with Gasteiger partial charge in [0.05, 0.1) is 0 Å². The molecule has 0 saturated heterocycles. The maximum Gasteiger partial charge on any atom is 0.220 e. The van der Waals surface area contributed by atoms with Gasteiger partial charge in [0.15, 0.2) is 0 Å². The highest BCUT2D eigenvalue weighted by atomic mass is 32.2. The summed E-state index contributed by atoms with van der Waals surface area (Å²) in [4.78, 5) is 11.6. The fourth-order valence-electron chi connectivity index (χ4n) is 1.83. The standard InChI is InChI=1S/C14H30N2OS/c1-14(2,9-10-15)8-7-13(17)16-11-5-4-6-12-18-3/h4-12,15H2,1-3H3,(H,16,17). The topological polar surface area (TPSA) is 55.1 Å². The summed E-state index contributed by atoms with van der Waals surface area (Å²) in [5.74, 6) is 1.41. The Morgan fingerprint density at radius 1 is 1.22 bits per heavy atom. The van der Waals surface area contributed by atoms with Crippen LogP contribution in [0.15, 0.2) is 0 Å². The van der Waals surface area contributed by atoms with Crippen LogP contribution in [0.3, 0.4) is 0 Å². The molecule has 3 N–H and O–H groups in total. The molecule has 0 aliphatic heterocycles. The van der Waals surface area contributed by atoms with Crippen LogP contribution < -0.4 is 11.1 Å². The molecule has 0 rings (SSSR count). The smallest absolute Gasteiger partial charge is 0.220 e. The molecule has 0 radical (unpaired) electrons. The highest BCUT2D eigenvalue weighted by Crippen LogP contribution is 2.25. The van der Waals surface area contributed by atoms with Crippen molar-refractivity contribution in [3.8, 4) is 0 Å². The molecule has 0 saturated carbocycles. The summed E-state index contributed by atoms with van der Waals surface area (Å²) < 4.78 is 0. The van der Waals surface area contributed by atoms with Gasteiger partial charge in [-0.1, -0.05) is 20.3 Å². The van der Waals surface area contributed by atoms with Crippen molar-refractivity contribution in [3.63, 3.8) is 0 Å². The summed E-state index contributed by atoms with van der Waals surface area (Å²) in [5, 5.41) is 3.00. The Labute approximate surface area is 117 Å².